The molecule has 2 rings (SSSR count). The molecule has 2 aromatic rings. The molecule has 0 aromatic heterocycles. The number of hydrogen-bond donors (Lipinski definition) is 0. The Morgan fingerprint density at radius 2 is 1.67 bits per heavy atom. The van der Waals surface area contributed by atoms with Crippen molar-refractivity contribution in [3.8, 4) is 16.9 Å². The maximum absolute atomic E-state index is 5.93. The second-order valence-electron chi connectivity index (χ2n) is 4.61. The summed E-state index contributed by atoms with van der Waals surface area (Å²) in [5.74, 6) is 1.35. The summed E-state index contributed by atoms with van der Waals surface area (Å²) in [4.78, 5) is 0. The van der Waals surface area contributed by atoms with Gasteiger partial charge in [0.2, 0.25) is 0 Å². The minimum atomic E-state index is 0.450. The van der Waals surface area contributed by atoms with Crippen molar-refractivity contribution >= 4 is 11.6 Å². The van der Waals surface area contributed by atoms with Gasteiger partial charge in [-0.1, -0.05) is 43.6 Å². The van der Waals surface area contributed by atoms with Crippen molar-refractivity contribution in [1.82, 2.24) is 0 Å². The van der Waals surface area contributed by atoms with Gasteiger partial charge < -0.3 is 4.74 Å². The summed E-state index contributed by atoms with van der Waals surface area (Å²) in [5.41, 5.74) is 3.71. The molecule has 0 atom stereocenters. The summed E-state index contributed by atoms with van der Waals surface area (Å²) >= 11 is 5.93. The first kappa shape index (κ1) is 13.0. The SMILES string of the molecule is COc1ccc(-c2ccc(Cl)cc2)c(C(C)C)c1. The third-order valence-corrected chi connectivity index (χ3v) is 3.29. The van der Waals surface area contributed by atoms with E-state index in [1.807, 2.05) is 18.2 Å². The Morgan fingerprint density at radius 1 is 1.00 bits per heavy atom. The summed E-state index contributed by atoms with van der Waals surface area (Å²) in [6.07, 6.45) is 0. The van der Waals surface area contributed by atoms with Crippen LogP contribution in [0.5, 0.6) is 5.75 Å². The third-order valence-electron chi connectivity index (χ3n) is 3.04. The van der Waals surface area contributed by atoms with Crippen LogP contribution in [0.25, 0.3) is 11.1 Å². The van der Waals surface area contributed by atoms with Gasteiger partial charge in [-0.25, -0.2) is 0 Å². The highest BCUT2D eigenvalue weighted by atomic mass is 35.5. The summed E-state index contributed by atoms with van der Waals surface area (Å²) in [7, 11) is 1.70. The lowest BCUT2D eigenvalue weighted by molar-refractivity contribution is 0.414. The molecule has 0 saturated heterocycles. The third kappa shape index (κ3) is 2.68. The molecule has 0 aliphatic rings. The minimum Gasteiger partial charge on any atom is -0.497 e. The van der Waals surface area contributed by atoms with Crippen LogP contribution in [0, 0.1) is 0 Å². The van der Waals surface area contributed by atoms with Crippen LogP contribution in [0.3, 0.4) is 0 Å². The van der Waals surface area contributed by atoms with E-state index in [4.69, 9.17) is 16.3 Å². The van der Waals surface area contributed by atoms with E-state index in [-0.39, 0.29) is 0 Å². The van der Waals surface area contributed by atoms with Crippen LogP contribution in [0.4, 0.5) is 0 Å². The Hall–Kier alpha value is -1.47. The zero-order chi connectivity index (χ0) is 13.1. The van der Waals surface area contributed by atoms with Crippen LogP contribution in [0.2, 0.25) is 5.02 Å². The standard InChI is InChI=1S/C16H17ClO/c1-11(2)16-10-14(18-3)8-9-15(16)12-4-6-13(17)7-5-12/h4-11H,1-3H3. The van der Waals surface area contributed by atoms with Crippen LogP contribution in [-0.2, 0) is 0 Å². The molecule has 0 heterocycles. The van der Waals surface area contributed by atoms with E-state index in [0.717, 1.165) is 10.8 Å². The Kier molecular flexibility index (Phi) is 3.93. The highest BCUT2D eigenvalue weighted by Crippen LogP contribution is 2.32. The van der Waals surface area contributed by atoms with E-state index in [9.17, 15) is 0 Å². The Labute approximate surface area is 113 Å². The molecule has 0 saturated carbocycles. The lowest BCUT2D eigenvalue weighted by Gasteiger charge is -2.14. The van der Waals surface area contributed by atoms with Gasteiger partial charge in [-0.05, 0) is 46.9 Å². The first-order valence-electron chi connectivity index (χ1n) is 6.05. The second kappa shape index (κ2) is 5.45. The van der Waals surface area contributed by atoms with Crippen molar-refractivity contribution in [1.29, 1.82) is 0 Å². The number of halogens is 1. The number of rotatable bonds is 3. The predicted molar refractivity (Wildman–Crippen MR) is 77.5 cm³/mol. The smallest absolute Gasteiger partial charge is 0.119 e. The molecule has 0 radical (unpaired) electrons. The molecule has 94 valence electrons. The Bertz CT molecular complexity index is 529. The van der Waals surface area contributed by atoms with E-state index in [0.29, 0.717) is 5.92 Å². The van der Waals surface area contributed by atoms with E-state index >= 15 is 0 Å². The van der Waals surface area contributed by atoms with Crippen molar-refractivity contribution in [2.24, 2.45) is 0 Å². The molecular weight excluding hydrogens is 244 g/mol. The maximum atomic E-state index is 5.93. The van der Waals surface area contributed by atoms with Crippen LogP contribution in [0.15, 0.2) is 42.5 Å². The fourth-order valence-corrected chi connectivity index (χ4v) is 2.16. The molecule has 0 bridgehead atoms. The van der Waals surface area contributed by atoms with E-state index in [1.165, 1.54) is 16.7 Å². The predicted octanol–water partition coefficient (Wildman–Crippen LogP) is 5.14. The maximum Gasteiger partial charge on any atom is 0.119 e. The molecule has 0 fully saturated rings. The van der Waals surface area contributed by atoms with Gasteiger partial charge in [-0.3, -0.25) is 0 Å². The normalized spacial score (nSPS) is 10.7. The molecule has 2 heteroatoms. The van der Waals surface area contributed by atoms with Crippen LogP contribution >= 0.6 is 11.6 Å². The van der Waals surface area contributed by atoms with Gasteiger partial charge >= 0.3 is 0 Å². The molecule has 0 unspecified atom stereocenters. The molecular formula is C16H17ClO. The zero-order valence-electron chi connectivity index (χ0n) is 10.9. The monoisotopic (exact) mass is 260 g/mol. The topological polar surface area (TPSA) is 9.23 Å². The van der Waals surface area contributed by atoms with E-state index < -0.39 is 0 Å². The van der Waals surface area contributed by atoms with Gasteiger partial charge in [-0.15, -0.1) is 0 Å². The molecule has 0 spiro atoms. The van der Waals surface area contributed by atoms with Crippen LogP contribution < -0.4 is 4.74 Å². The highest BCUT2D eigenvalue weighted by molar-refractivity contribution is 6.30. The van der Waals surface area contributed by atoms with Crippen LogP contribution in [0.1, 0.15) is 25.3 Å². The van der Waals surface area contributed by atoms with Crippen LogP contribution in [-0.4, -0.2) is 7.11 Å². The van der Waals surface area contributed by atoms with Gasteiger partial charge in [0.25, 0.3) is 0 Å². The number of methoxy groups -OCH3 is 1. The first-order valence-corrected chi connectivity index (χ1v) is 6.43. The van der Waals surface area contributed by atoms with Crippen molar-refractivity contribution < 1.29 is 4.74 Å². The van der Waals surface area contributed by atoms with Gasteiger partial charge in [0.1, 0.15) is 5.75 Å². The second-order valence-corrected chi connectivity index (χ2v) is 5.05. The van der Waals surface area contributed by atoms with Crippen molar-refractivity contribution in [3.05, 3.63) is 53.1 Å². The van der Waals surface area contributed by atoms with Gasteiger partial charge in [-0.2, -0.15) is 0 Å². The summed E-state index contributed by atoms with van der Waals surface area (Å²) in [6.45, 7) is 4.38. The van der Waals surface area contributed by atoms with Crippen molar-refractivity contribution in [2.75, 3.05) is 7.11 Å². The van der Waals surface area contributed by atoms with E-state index in [1.54, 1.807) is 7.11 Å². The largest absolute Gasteiger partial charge is 0.497 e. The quantitative estimate of drug-likeness (QED) is 0.743. The Balaban J connectivity index is 2.52. The fourth-order valence-electron chi connectivity index (χ4n) is 2.04. The zero-order valence-corrected chi connectivity index (χ0v) is 11.7. The molecule has 0 amide bonds. The van der Waals surface area contributed by atoms with Gasteiger partial charge in [0.05, 0.1) is 7.11 Å². The van der Waals surface area contributed by atoms with Crippen molar-refractivity contribution in [2.45, 2.75) is 19.8 Å². The highest BCUT2D eigenvalue weighted by Gasteiger charge is 2.10. The lowest BCUT2D eigenvalue weighted by atomic mass is 9.92. The number of benzene rings is 2. The average molecular weight is 261 g/mol. The fraction of sp³-hybridized carbons (Fsp3) is 0.250. The number of ether oxygens (including phenoxy) is 1. The molecule has 18 heavy (non-hydrogen) atoms. The molecule has 0 aliphatic heterocycles. The minimum absolute atomic E-state index is 0.450. The van der Waals surface area contributed by atoms with Gasteiger partial charge in [0, 0.05) is 5.02 Å². The van der Waals surface area contributed by atoms with E-state index in [2.05, 4.69) is 38.1 Å². The molecule has 1 nitrogen and oxygen atoms in total. The van der Waals surface area contributed by atoms with Gasteiger partial charge in [0.15, 0.2) is 0 Å². The summed E-state index contributed by atoms with van der Waals surface area (Å²) < 4.78 is 5.29. The molecule has 2 aromatic carbocycles. The molecule has 0 aliphatic carbocycles. The average Bonchev–Trinajstić information content (AvgIpc) is 2.39. The summed E-state index contributed by atoms with van der Waals surface area (Å²) in [6, 6.07) is 14.2. The lowest BCUT2D eigenvalue weighted by Crippen LogP contribution is -1.94. The summed E-state index contributed by atoms with van der Waals surface area (Å²) in [5, 5.41) is 0.762. The molecule has 0 N–H and O–H groups in total. The first-order chi connectivity index (χ1) is 8.61. The van der Waals surface area contributed by atoms with Crippen molar-refractivity contribution in [3.63, 3.8) is 0 Å². The Morgan fingerprint density at radius 3 is 2.22 bits per heavy atom. The number of hydrogen-bond acceptors (Lipinski definition) is 1.